The Morgan fingerprint density at radius 1 is 1.45 bits per heavy atom. The topological polar surface area (TPSA) is 79.6 Å². The van der Waals surface area contributed by atoms with E-state index >= 15 is 0 Å². The van der Waals surface area contributed by atoms with Gasteiger partial charge >= 0.3 is 5.97 Å². The van der Waals surface area contributed by atoms with Crippen LogP contribution in [-0.2, 0) is 17.1 Å². The van der Waals surface area contributed by atoms with Crippen molar-refractivity contribution < 1.29 is 18.3 Å². The Bertz CT molecular complexity index is 577. The molecule has 0 saturated heterocycles. The molecule has 1 unspecified atom stereocenters. The van der Waals surface area contributed by atoms with Crippen molar-refractivity contribution >= 4 is 16.0 Å². The smallest absolute Gasteiger partial charge is 0.352 e. The summed E-state index contributed by atoms with van der Waals surface area (Å²) in [6.07, 6.45) is 2.24. The molecule has 6 nitrogen and oxygen atoms in total. The number of aromatic nitrogens is 1. The van der Waals surface area contributed by atoms with Crippen LogP contribution in [0, 0.1) is 5.92 Å². The predicted octanol–water partition coefficient (Wildman–Crippen LogP) is 1.78. The highest BCUT2D eigenvalue weighted by atomic mass is 32.2. The van der Waals surface area contributed by atoms with E-state index in [0.29, 0.717) is 13.1 Å². The molecule has 1 heterocycles. The number of carboxylic acids is 1. The Balaban J connectivity index is 3.14. The number of carboxylic acid groups (broad SMARTS) is 1. The van der Waals surface area contributed by atoms with Crippen molar-refractivity contribution in [2.45, 2.75) is 32.1 Å². The van der Waals surface area contributed by atoms with Crippen molar-refractivity contribution in [3.8, 4) is 0 Å². The molecule has 0 radical (unpaired) electrons. The van der Waals surface area contributed by atoms with Crippen molar-refractivity contribution in [2.75, 3.05) is 13.1 Å². The van der Waals surface area contributed by atoms with E-state index in [-0.39, 0.29) is 16.5 Å². The van der Waals surface area contributed by atoms with Gasteiger partial charge in [-0.2, -0.15) is 4.31 Å². The van der Waals surface area contributed by atoms with Crippen LogP contribution in [-0.4, -0.2) is 41.5 Å². The number of sulfonamides is 1. The molecule has 0 saturated carbocycles. The van der Waals surface area contributed by atoms with E-state index in [4.69, 9.17) is 5.11 Å². The maximum atomic E-state index is 12.5. The molecule has 0 fully saturated rings. The van der Waals surface area contributed by atoms with Crippen molar-refractivity contribution in [1.82, 2.24) is 8.87 Å². The fraction of sp³-hybridized carbons (Fsp3) is 0.615. The van der Waals surface area contributed by atoms with Crippen molar-refractivity contribution in [2.24, 2.45) is 13.0 Å². The lowest BCUT2D eigenvalue weighted by Crippen LogP contribution is -2.34. The number of rotatable bonds is 7. The summed E-state index contributed by atoms with van der Waals surface area (Å²) in [5.41, 5.74) is -0.0387. The summed E-state index contributed by atoms with van der Waals surface area (Å²) in [7, 11) is -2.12. The van der Waals surface area contributed by atoms with Crippen molar-refractivity contribution in [3.05, 3.63) is 18.0 Å². The monoisotopic (exact) mass is 302 g/mol. The van der Waals surface area contributed by atoms with Crippen LogP contribution in [0.5, 0.6) is 0 Å². The van der Waals surface area contributed by atoms with Gasteiger partial charge in [0, 0.05) is 26.3 Å². The predicted molar refractivity (Wildman–Crippen MR) is 76.3 cm³/mol. The second kappa shape index (κ2) is 6.41. The van der Waals surface area contributed by atoms with Crippen LogP contribution in [0.4, 0.5) is 0 Å². The third kappa shape index (κ3) is 3.40. The van der Waals surface area contributed by atoms with Gasteiger partial charge in [0.2, 0.25) is 10.0 Å². The quantitative estimate of drug-likeness (QED) is 0.832. The molecular weight excluding hydrogens is 280 g/mol. The summed E-state index contributed by atoms with van der Waals surface area (Å²) in [6.45, 7) is 6.58. The number of aromatic carboxylic acids is 1. The Kier molecular flexibility index (Phi) is 5.35. The molecule has 1 N–H and O–H groups in total. The zero-order valence-electron chi connectivity index (χ0n) is 12.3. The number of hydrogen-bond donors (Lipinski definition) is 1. The van der Waals surface area contributed by atoms with Gasteiger partial charge in [0.25, 0.3) is 0 Å². The minimum Gasteiger partial charge on any atom is -0.477 e. The van der Waals surface area contributed by atoms with Gasteiger partial charge in [0.05, 0.1) is 0 Å². The maximum Gasteiger partial charge on any atom is 0.352 e. The summed E-state index contributed by atoms with van der Waals surface area (Å²) >= 11 is 0. The lowest BCUT2D eigenvalue weighted by atomic mass is 10.1. The molecule has 1 aromatic heterocycles. The van der Waals surface area contributed by atoms with E-state index in [2.05, 4.69) is 0 Å². The number of nitrogens with zero attached hydrogens (tertiary/aromatic N) is 2. The van der Waals surface area contributed by atoms with Crippen LogP contribution < -0.4 is 0 Å². The zero-order chi connectivity index (χ0) is 15.5. The molecule has 1 atom stereocenters. The highest BCUT2D eigenvalue weighted by Crippen LogP contribution is 2.20. The van der Waals surface area contributed by atoms with Gasteiger partial charge in [0.15, 0.2) is 0 Å². The Morgan fingerprint density at radius 3 is 2.45 bits per heavy atom. The van der Waals surface area contributed by atoms with E-state index in [9.17, 15) is 13.2 Å². The van der Waals surface area contributed by atoms with Crippen LogP contribution in [0.1, 0.15) is 37.7 Å². The van der Waals surface area contributed by atoms with Gasteiger partial charge in [-0.1, -0.05) is 27.2 Å². The molecule has 1 aromatic rings. The summed E-state index contributed by atoms with van der Waals surface area (Å²) < 4.78 is 27.7. The van der Waals surface area contributed by atoms with Gasteiger partial charge in [-0.15, -0.1) is 0 Å². The van der Waals surface area contributed by atoms with Crippen LogP contribution in [0.2, 0.25) is 0 Å². The molecule has 0 aromatic carbocycles. The van der Waals surface area contributed by atoms with Gasteiger partial charge in [0.1, 0.15) is 10.6 Å². The van der Waals surface area contributed by atoms with Crippen LogP contribution in [0.3, 0.4) is 0 Å². The van der Waals surface area contributed by atoms with Crippen LogP contribution in [0.15, 0.2) is 17.2 Å². The summed E-state index contributed by atoms with van der Waals surface area (Å²) in [6, 6.07) is 1.21. The number of carbonyl (C=O) groups is 1. The molecule has 114 valence electrons. The lowest BCUT2D eigenvalue weighted by Gasteiger charge is -2.22. The first-order valence-corrected chi connectivity index (χ1v) is 8.07. The SMILES string of the molecule is CCC(C)CN(CC)S(=O)(=O)c1cc(C(=O)O)n(C)c1. The molecule has 0 aliphatic heterocycles. The number of aryl methyl sites for hydroxylation is 1. The van der Waals surface area contributed by atoms with Crippen molar-refractivity contribution in [3.63, 3.8) is 0 Å². The minimum absolute atomic E-state index is 0.0301. The van der Waals surface area contributed by atoms with Gasteiger partial charge in [-0.05, 0) is 12.0 Å². The summed E-state index contributed by atoms with van der Waals surface area (Å²) in [5.74, 6) is -0.883. The third-order valence-electron chi connectivity index (χ3n) is 3.40. The van der Waals surface area contributed by atoms with E-state index in [0.717, 1.165) is 6.42 Å². The van der Waals surface area contributed by atoms with Crippen molar-refractivity contribution in [1.29, 1.82) is 0 Å². The highest BCUT2D eigenvalue weighted by Gasteiger charge is 2.27. The molecular formula is C13H22N2O4S. The first-order chi connectivity index (χ1) is 9.23. The fourth-order valence-electron chi connectivity index (χ4n) is 1.91. The summed E-state index contributed by atoms with van der Waals surface area (Å²) in [5, 5.41) is 8.99. The minimum atomic E-state index is -3.64. The largest absolute Gasteiger partial charge is 0.477 e. The zero-order valence-corrected chi connectivity index (χ0v) is 13.1. The fourth-order valence-corrected chi connectivity index (χ4v) is 3.55. The Labute approximate surface area is 120 Å². The molecule has 0 aliphatic carbocycles. The average Bonchev–Trinajstić information content (AvgIpc) is 2.78. The third-order valence-corrected chi connectivity index (χ3v) is 5.31. The lowest BCUT2D eigenvalue weighted by molar-refractivity contribution is 0.0686. The first-order valence-electron chi connectivity index (χ1n) is 6.63. The standard InChI is InChI=1S/C13H22N2O4S/c1-5-10(3)8-15(6-2)20(18,19)11-7-12(13(16)17)14(4)9-11/h7,9-10H,5-6,8H2,1-4H3,(H,16,17). The molecule has 7 heteroatoms. The average molecular weight is 302 g/mol. The molecule has 0 aliphatic rings. The molecule has 20 heavy (non-hydrogen) atoms. The molecule has 1 rings (SSSR count). The molecule has 0 spiro atoms. The van der Waals surface area contributed by atoms with E-state index in [1.54, 1.807) is 6.92 Å². The van der Waals surface area contributed by atoms with E-state index < -0.39 is 16.0 Å². The van der Waals surface area contributed by atoms with Gasteiger partial charge < -0.3 is 9.67 Å². The van der Waals surface area contributed by atoms with Crippen LogP contribution in [0.25, 0.3) is 0 Å². The number of hydrogen-bond acceptors (Lipinski definition) is 3. The Hall–Kier alpha value is -1.34. The maximum absolute atomic E-state index is 12.5. The van der Waals surface area contributed by atoms with E-state index in [1.807, 2.05) is 13.8 Å². The van der Waals surface area contributed by atoms with Gasteiger partial charge in [-0.25, -0.2) is 13.2 Å². The molecule has 0 amide bonds. The molecule has 0 bridgehead atoms. The normalized spacial score (nSPS) is 13.7. The van der Waals surface area contributed by atoms with Crippen LogP contribution >= 0.6 is 0 Å². The Morgan fingerprint density at radius 2 is 2.05 bits per heavy atom. The van der Waals surface area contributed by atoms with Gasteiger partial charge in [-0.3, -0.25) is 0 Å². The second-order valence-corrected chi connectivity index (χ2v) is 6.88. The first kappa shape index (κ1) is 16.7. The highest BCUT2D eigenvalue weighted by molar-refractivity contribution is 7.89. The second-order valence-electron chi connectivity index (χ2n) is 4.95. The summed E-state index contributed by atoms with van der Waals surface area (Å²) in [4.78, 5) is 11.0. The van der Waals surface area contributed by atoms with E-state index in [1.165, 1.54) is 28.2 Å².